The fourth-order valence-corrected chi connectivity index (χ4v) is 3.26. The minimum Gasteiger partial charge on any atom is -0.384 e. The Labute approximate surface area is 121 Å². The fraction of sp³-hybridized carbons (Fsp3) is 0.688. The van der Waals surface area contributed by atoms with Gasteiger partial charge >= 0.3 is 0 Å². The molecule has 2 N–H and O–H groups in total. The van der Waals surface area contributed by atoms with E-state index >= 15 is 0 Å². The average Bonchev–Trinajstić information content (AvgIpc) is 2.77. The van der Waals surface area contributed by atoms with Crippen molar-refractivity contribution in [3.63, 3.8) is 0 Å². The largest absolute Gasteiger partial charge is 0.384 e. The Balaban J connectivity index is 2.00. The molecule has 2 aliphatic heterocycles. The van der Waals surface area contributed by atoms with Gasteiger partial charge in [0.1, 0.15) is 11.4 Å². The Morgan fingerprint density at radius 3 is 2.85 bits per heavy atom. The number of aliphatic hydroxyl groups is 1. The Kier molecular flexibility index (Phi) is 3.26. The van der Waals surface area contributed by atoms with Gasteiger partial charge in [0.25, 0.3) is 0 Å². The van der Waals surface area contributed by atoms with Crippen LogP contribution < -0.4 is 10.2 Å². The smallest absolute Gasteiger partial charge is 0.132 e. The van der Waals surface area contributed by atoms with Crippen LogP contribution in [-0.4, -0.2) is 35.3 Å². The maximum Gasteiger partial charge on any atom is 0.132 e. The molecule has 3 rings (SSSR count). The lowest BCUT2D eigenvalue weighted by Gasteiger charge is -2.38. The first kappa shape index (κ1) is 13.8. The van der Waals surface area contributed by atoms with Gasteiger partial charge < -0.3 is 15.3 Å². The molecule has 1 aromatic rings. The minimum absolute atomic E-state index is 0.144. The summed E-state index contributed by atoms with van der Waals surface area (Å²) in [5, 5.41) is 14.1. The van der Waals surface area contributed by atoms with E-state index in [1.54, 1.807) is 0 Å². The van der Waals surface area contributed by atoms with Crippen molar-refractivity contribution in [3.8, 4) is 0 Å². The molecule has 0 aromatic carbocycles. The summed E-state index contributed by atoms with van der Waals surface area (Å²) >= 11 is 0. The maximum atomic E-state index is 10.7. The Morgan fingerprint density at radius 1 is 1.40 bits per heavy atom. The van der Waals surface area contributed by atoms with Crippen LogP contribution in [0, 0.1) is 5.92 Å². The lowest BCUT2D eigenvalue weighted by molar-refractivity contribution is 0.00495. The van der Waals surface area contributed by atoms with Gasteiger partial charge in [-0.3, -0.25) is 0 Å². The lowest BCUT2D eigenvalue weighted by Crippen LogP contribution is -2.55. The van der Waals surface area contributed by atoms with E-state index in [0.717, 1.165) is 31.0 Å². The molecule has 4 heteroatoms. The van der Waals surface area contributed by atoms with Crippen LogP contribution in [0.1, 0.15) is 39.0 Å². The van der Waals surface area contributed by atoms with E-state index in [-0.39, 0.29) is 5.92 Å². The second-order valence-corrected chi connectivity index (χ2v) is 6.75. The molecule has 0 radical (unpaired) electrons. The van der Waals surface area contributed by atoms with Crippen LogP contribution in [0.4, 0.5) is 5.82 Å². The fourth-order valence-electron chi connectivity index (χ4n) is 3.26. The van der Waals surface area contributed by atoms with Gasteiger partial charge in [0, 0.05) is 25.2 Å². The van der Waals surface area contributed by atoms with Gasteiger partial charge in [-0.2, -0.15) is 0 Å². The summed E-state index contributed by atoms with van der Waals surface area (Å²) in [6.07, 6.45) is 1.06. The molecule has 0 amide bonds. The average molecular weight is 275 g/mol. The number of rotatable bonds is 2. The standard InChI is InChI=1S/C16H25N3O/c1-10(2)16(4,20)14-6-5-12-7-13-9-17-8-11(3)19(13)15(12)18-14/h5-6,10-11,13,17,20H,7-9H2,1-4H3/t11-,13-,16?/m1/s1. The van der Waals surface area contributed by atoms with Crippen LogP contribution in [-0.2, 0) is 12.0 Å². The number of hydrogen-bond acceptors (Lipinski definition) is 4. The number of fused-ring (bicyclic) bond motifs is 3. The van der Waals surface area contributed by atoms with Crippen molar-refractivity contribution in [2.45, 2.75) is 51.8 Å². The van der Waals surface area contributed by atoms with Crippen LogP contribution in [0.3, 0.4) is 0 Å². The molecule has 4 nitrogen and oxygen atoms in total. The van der Waals surface area contributed by atoms with E-state index in [2.05, 4.69) is 23.2 Å². The zero-order chi connectivity index (χ0) is 14.5. The highest BCUT2D eigenvalue weighted by Crippen LogP contribution is 2.36. The minimum atomic E-state index is -0.871. The highest BCUT2D eigenvalue weighted by molar-refractivity contribution is 5.56. The number of nitrogens with one attached hydrogen (secondary N) is 1. The number of piperazine rings is 1. The number of anilines is 1. The van der Waals surface area contributed by atoms with Gasteiger partial charge in [0.05, 0.1) is 5.69 Å². The zero-order valence-electron chi connectivity index (χ0n) is 12.8. The molecule has 1 unspecified atom stereocenters. The first-order chi connectivity index (χ1) is 9.41. The topological polar surface area (TPSA) is 48.4 Å². The molecule has 2 aliphatic rings. The summed E-state index contributed by atoms with van der Waals surface area (Å²) in [7, 11) is 0. The highest BCUT2D eigenvalue weighted by Gasteiger charge is 2.38. The third kappa shape index (κ3) is 2.02. The molecule has 0 spiro atoms. The van der Waals surface area contributed by atoms with Crippen molar-refractivity contribution in [1.29, 1.82) is 0 Å². The molecule has 3 heterocycles. The third-order valence-corrected chi connectivity index (χ3v) is 4.99. The summed E-state index contributed by atoms with van der Waals surface area (Å²) < 4.78 is 0. The van der Waals surface area contributed by atoms with Crippen molar-refractivity contribution in [2.24, 2.45) is 5.92 Å². The normalized spacial score (nSPS) is 28.2. The first-order valence-corrected chi connectivity index (χ1v) is 7.63. The Morgan fingerprint density at radius 2 is 2.15 bits per heavy atom. The van der Waals surface area contributed by atoms with Gasteiger partial charge in [-0.1, -0.05) is 19.9 Å². The van der Waals surface area contributed by atoms with E-state index in [1.165, 1.54) is 5.56 Å². The lowest BCUT2D eigenvalue weighted by atomic mass is 9.88. The summed E-state index contributed by atoms with van der Waals surface area (Å²) in [4.78, 5) is 7.27. The molecule has 3 atom stereocenters. The van der Waals surface area contributed by atoms with E-state index < -0.39 is 5.60 Å². The van der Waals surface area contributed by atoms with Crippen molar-refractivity contribution in [3.05, 3.63) is 23.4 Å². The van der Waals surface area contributed by atoms with E-state index in [0.29, 0.717) is 12.1 Å². The number of hydrogen-bond donors (Lipinski definition) is 2. The Hall–Kier alpha value is -1.13. The molecule has 0 aliphatic carbocycles. The van der Waals surface area contributed by atoms with Crippen LogP contribution in [0.2, 0.25) is 0 Å². The molecule has 20 heavy (non-hydrogen) atoms. The summed E-state index contributed by atoms with van der Waals surface area (Å²) in [6.45, 7) is 10.2. The van der Waals surface area contributed by atoms with Gasteiger partial charge in [-0.15, -0.1) is 0 Å². The monoisotopic (exact) mass is 275 g/mol. The second kappa shape index (κ2) is 4.71. The molecular weight excluding hydrogens is 250 g/mol. The molecule has 1 fully saturated rings. The Bertz CT molecular complexity index is 512. The van der Waals surface area contributed by atoms with Crippen molar-refractivity contribution in [2.75, 3.05) is 18.0 Å². The van der Waals surface area contributed by atoms with Gasteiger partial charge in [-0.05, 0) is 37.8 Å². The van der Waals surface area contributed by atoms with Crippen molar-refractivity contribution in [1.82, 2.24) is 10.3 Å². The molecule has 110 valence electrons. The zero-order valence-corrected chi connectivity index (χ0v) is 12.8. The second-order valence-electron chi connectivity index (χ2n) is 6.75. The molecule has 1 saturated heterocycles. The predicted octanol–water partition coefficient (Wildman–Crippen LogP) is 1.67. The van der Waals surface area contributed by atoms with Gasteiger partial charge in [0.15, 0.2) is 0 Å². The SMILES string of the molecule is CC(C)C(C)(O)c1ccc2c(n1)N1[C@@H](CNC[C@H]1C)C2. The highest BCUT2D eigenvalue weighted by atomic mass is 16.3. The van der Waals surface area contributed by atoms with Gasteiger partial charge in [-0.25, -0.2) is 4.98 Å². The number of nitrogens with zero attached hydrogens (tertiary/aromatic N) is 2. The third-order valence-electron chi connectivity index (χ3n) is 4.99. The number of pyridine rings is 1. The van der Waals surface area contributed by atoms with Crippen LogP contribution in [0.5, 0.6) is 0 Å². The summed E-state index contributed by atoms with van der Waals surface area (Å²) in [5.74, 6) is 1.23. The summed E-state index contributed by atoms with van der Waals surface area (Å²) in [5.41, 5.74) is 1.23. The van der Waals surface area contributed by atoms with E-state index in [9.17, 15) is 5.11 Å². The number of aromatic nitrogens is 1. The van der Waals surface area contributed by atoms with Crippen LogP contribution in [0.25, 0.3) is 0 Å². The van der Waals surface area contributed by atoms with Crippen molar-refractivity contribution >= 4 is 5.82 Å². The predicted molar refractivity (Wildman–Crippen MR) is 80.9 cm³/mol. The van der Waals surface area contributed by atoms with Crippen LogP contribution in [0.15, 0.2) is 12.1 Å². The summed E-state index contributed by atoms with van der Waals surface area (Å²) in [6, 6.07) is 5.12. The van der Waals surface area contributed by atoms with E-state index in [1.807, 2.05) is 26.8 Å². The molecule has 0 bridgehead atoms. The van der Waals surface area contributed by atoms with Crippen LogP contribution >= 0.6 is 0 Å². The van der Waals surface area contributed by atoms with Gasteiger partial charge in [0.2, 0.25) is 0 Å². The van der Waals surface area contributed by atoms with E-state index in [4.69, 9.17) is 4.98 Å². The molecular formula is C16H25N3O. The quantitative estimate of drug-likeness (QED) is 0.862. The molecule has 1 aromatic heterocycles. The first-order valence-electron chi connectivity index (χ1n) is 7.63. The maximum absolute atomic E-state index is 10.7. The van der Waals surface area contributed by atoms with Crippen molar-refractivity contribution < 1.29 is 5.11 Å². The molecule has 0 saturated carbocycles.